The van der Waals surface area contributed by atoms with E-state index in [2.05, 4.69) is 17.0 Å². The zero-order chi connectivity index (χ0) is 25.5. The molecule has 5 rings (SSSR count). The predicted octanol–water partition coefficient (Wildman–Crippen LogP) is 6.42. The summed E-state index contributed by atoms with van der Waals surface area (Å²) in [5, 5.41) is 23.5. The minimum absolute atomic E-state index is 0.0419. The van der Waals surface area contributed by atoms with Crippen LogP contribution < -0.4 is 0 Å². The van der Waals surface area contributed by atoms with E-state index in [0.29, 0.717) is 23.2 Å². The zero-order valence-corrected chi connectivity index (χ0v) is 21.2. The van der Waals surface area contributed by atoms with E-state index in [4.69, 9.17) is 42.9 Å². The minimum Gasteiger partial charge on any atom is -0.508 e. The summed E-state index contributed by atoms with van der Waals surface area (Å²) in [6.45, 7) is 3.03. The molecule has 188 valence electrons. The van der Waals surface area contributed by atoms with Crippen LogP contribution in [0.15, 0.2) is 79.4 Å². The lowest BCUT2D eigenvalue weighted by atomic mass is 10.1. The van der Waals surface area contributed by atoms with Crippen molar-refractivity contribution in [2.75, 3.05) is 6.61 Å². The van der Waals surface area contributed by atoms with Gasteiger partial charge >= 0.3 is 0 Å². The Morgan fingerprint density at radius 3 is 2.14 bits per heavy atom. The van der Waals surface area contributed by atoms with Crippen LogP contribution in [0.25, 0.3) is 11.1 Å². The Labute approximate surface area is 219 Å². The largest absolute Gasteiger partial charge is 0.508 e. The second kappa shape index (κ2) is 11.8. The number of halogens is 2. The van der Waals surface area contributed by atoms with Crippen molar-refractivity contribution in [3.63, 3.8) is 0 Å². The molecule has 1 aliphatic heterocycles. The first-order chi connectivity index (χ1) is 17.4. The SMILES string of the molecule is CCCC1COC(Cn2cncn2)(c2ccc(Cl)cc2Cl)O1.Oc1ccc(-c2ccc(O)cc2)cc1. The van der Waals surface area contributed by atoms with E-state index in [0.717, 1.165) is 29.5 Å². The van der Waals surface area contributed by atoms with Crippen LogP contribution in [0.5, 0.6) is 11.5 Å². The standard InChI is InChI=1S/C15H17Cl2N3O2.C12H10O2/c1-2-3-12-7-21-15(22-12,8-20-10-18-9-19-20)13-5-4-11(16)6-14(13)17;13-11-5-1-9(2-6-11)10-3-7-12(14)8-4-10/h4-6,9-10,12H,2-3,7-8H2,1H3;1-8,13-14H. The van der Waals surface area contributed by atoms with Crippen LogP contribution in [0.2, 0.25) is 10.0 Å². The van der Waals surface area contributed by atoms with Gasteiger partial charge in [-0.15, -0.1) is 0 Å². The number of phenols is 2. The molecule has 3 aromatic carbocycles. The number of ether oxygens (including phenoxy) is 2. The average Bonchev–Trinajstić information content (AvgIpc) is 3.52. The van der Waals surface area contributed by atoms with Crippen molar-refractivity contribution in [1.29, 1.82) is 0 Å². The van der Waals surface area contributed by atoms with Gasteiger partial charge in [0, 0.05) is 10.6 Å². The molecule has 0 amide bonds. The summed E-state index contributed by atoms with van der Waals surface area (Å²) in [4.78, 5) is 3.97. The number of hydrogen-bond donors (Lipinski definition) is 2. The molecular formula is C27H27Cl2N3O4. The van der Waals surface area contributed by atoms with Gasteiger partial charge in [-0.2, -0.15) is 5.10 Å². The maximum absolute atomic E-state index is 9.11. The maximum Gasteiger partial charge on any atom is 0.217 e. The molecule has 1 saturated heterocycles. The van der Waals surface area contributed by atoms with Crippen LogP contribution in [-0.2, 0) is 21.8 Å². The fourth-order valence-corrected chi connectivity index (χ4v) is 4.52. The van der Waals surface area contributed by atoms with Crippen molar-refractivity contribution in [1.82, 2.24) is 14.8 Å². The molecule has 1 aromatic heterocycles. The first-order valence-electron chi connectivity index (χ1n) is 11.6. The summed E-state index contributed by atoms with van der Waals surface area (Å²) >= 11 is 12.4. The van der Waals surface area contributed by atoms with E-state index in [9.17, 15) is 0 Å². The fourth-order valence-electron chi connectivity index (χ4n) is 3.97. The number of hydrogen-bond acceptors (Lipinski definition) is 6. The van der Waals surface area contributed by atoms with Crippen LogP contribution in [0.3, 0.4) is 0 Å². The highest BCUT2D eigenvalue weighted by molar-refractivity contribution is 6.35. The second-order valence-corrected chi connectivity index (χ2v) is 9.25. The second-order valence-electron chi connectivity index (χ2n) is 8.40. The first-order valence-corrected chi connectivity index (χ1v) is 12.3. The van der Waals surface area contributed by atoms with Gasteiger partial charge < -0.3 is 19.7 Å². The van der Waals surface area contributed by atoms with Gasteiger partial charge in [0.1, 0.15) is 30.7 Å². The molecule has 36 heavy (non-hydrogen) atoms. The number of benzene rings is 3. The number of aromatic hydroxyl groups is 2. The van der Waals surface area contributed by atoms with Gasteiger partial charge in [-0.05, 0) is 53.9 Å². The number of aromatic nitrogens is 3. The van der Waals surface area contributed by atoms with Gasteiger partial charge in [0.15, 0.2) is 0 Å². The molecule has 1 fully saturated rings. The molecular weight excluding hydrogens is 501 g/mol. The lowest BCUT2D eigenvalue weighted by molar-refractivity contribution is -0.189. The van der Waals surface area contributed by atoms with Gasteiger partial charge in [-0.3, -0.25) is 0 Å². The van der Waals surface area contributed by atoms with Crippen molar-refractivity contribution < 1.29 is 19.7 Å². The Kier molecular flexibility index (Phi) is 8.48. The van der Waals surface area contributed by atoms with Crippen LogP contribution in [0.1, 0.15) is 25.3 Å². The third kappa shape index (κ3) is 6.36. The fraction of sp³-hybridized carbons (Fsp3) is 0.259. The summed E-state index contributed by atoms with van der Waals surface area (Å²) < 4.78 is 14.0. The van der Waals surface area contributed by atoms with Gasteiger partial charge in [-0.1, -0.05) is 66.9 Å². The Hall–Kier alpha value is -3.10. The van der Waals surface area contributed by atoms with Gasteiger partial charge in [0.25, 0.3) is 0 Å². The van der Waals surface area contributed by atoms with E-state index in [-0.39, 0.29) is 17.6 Å². The number of phenolic OH excluding ortho intramolecular Hbond substituents is 2. The lowest BCUT2D eigenvalue weighted by Crippen LogP contribution is -2.34. The van der Waals surface area contributed by atoms with Crippen LogP contribution in [-0.4, -0.2) is 37.7 Å². The smallest absolute Gasteiger partial charge is 0.217 e. The van der Waals surface area contributed by atoms with Crippen LogP contribution in [0, 0.1) is 0 Å². The monoisotopic (exact) mass is 527 g/mol. The quantitative estimate of drug-likeness (QED) is 0.300. The Morgan fingerprint density at radius 1 is 0.972 bits per heavy atom. The maximum atomic E-state index is 9.11. The molecule has 0 saturated carbocycles. The third-order valence-electron chi connectivity index (χ3n) is 5.72. The van der Waals surface area contributed by atoms with Crippen molar-refractivity contribution in [3.8, 4) is 22.6 Å². The lowest BCUT2D eigenvalue weighted by Gasteiger charge is -2.29. The summed E-state index contributed by atoms with van der Waals surface area (Å²) in [7, 11) is 0. The van der Waals surface area contributed by atoms with E-state index >= 15 is 0 Å². The minimum atomic E-state index is -0.963. The summed E-state index contributed by atoms with van der Waals surface area (Å²) in [5.41, 5.74) is 2.79. The molecule has 2 heterocycles. The van der Waals surface area contributed by atoms with Crippen molar-refractivity contribution in [3.05, 3.63) is 95.0 Å². The molecule has 2 atom stereocenters. The van der Waals surface area contributed by atoms with E-state index in [1.165, 1.54) is 6.33 Å². The molecule has 4 aromatic rings. The molecule has 0 bridgehead atoms. The topological polar surface area (TPSA) is 89.6 Å². The molecule has 1 aliphatic rings. The molecule has 2 N–H and O–H groups in total. The van der Waals surface area contributed by atoms with E-state index in [1.54, 1.807) is 47.4 Å². The highest BCUT2D eigenvalue weighted by Crippen LogP contribution is 2.41. The van der Waals surface area contributed by atoms with Gasteiger partial charge in [0.05, 0.1) is 17.7 Å². The third-order valence-corrected chi connectivity index (χ3v) is 6.26. The first kappa shape index (κ1) is 26.0. The molecule has 7 nitrogen and oxygen atoms in total. The number of rotatable bonds is 6. The Bertz CT molecular complexity index is 1210. The van der Waals surface area contributed by atoms with Crippen LogP contribution >= 0.6 is 23.2 Å². The molecule has 9 heteroatoms. The van der Waals surface area contributed by atoms with Gasteiger partial charge in [-0.25, -0.2) is 9.67 Å². The summed E-state index contributed by atoms with van der Waals surface area (Å²) in [6, 6.07) is 19.2. The Morgan fingerprint density at radius 2 is 1.61 bits per heavy atom. The van der Waals surface area contributed by atoms with Crippen molar-refractivity contribution in [2.24, 2.45) is 0 Å². The predicted molar refractivity (Wildman–Crippen MR) is 139 cm³/mol. The Balaban J connectivity index is 0.000000187. The highest BCUT2D eigenvalue weighted by Gasteiger charge is 2.45. The molecule has 2 unspecified atom stereocenters. The molecule has 0 spiro atoms. The van der Waals surface area contributed by atoms with Crippen molar-refractivity contribution in [2.45, 2.75) is 38.2 Å². The summed E-state index contributed by atoms with van der Waals surface area (Å²) in [6.07, 6.45) is 5.12. The zero-order valence-electron chi connectivity index (χ0n) is 19.7. The average molecular weight is 528 g/mol. The highest BCUT2D eigenvalue weighted by atomic mass is 35.5. The number of nitrogens with zero attached hydrogens (tertiary/aromatic N) is 3. The van der Waals surface area contributed by atoms with Gasteiger partial charge in [0.2, 0.25) is 5.79 Å². The van der Waals surface area contributed by atoms with Crippen molar-refractivity contribution >= 4 is 23.2 Å². The van der Waals surface area contributed by atoms with Crippen LogP contribution in [0.4, 0.5) is 0 Å². The van der Waals surface area contributed by atoms with E-state index in [1.807, 2.05) is 30.3 Å². The molecule has 0 radical (unpaired) electrons. The summed E-state index contributed by atoms with van der Waals surface area (Å²) in [5.74, 6) is -0.449. The molecule has 0 aliphatic carbocycles. The normalized spacial score (nSPS) is 19.0. The van der Waals surface area contributed by atoms with E-state index < -0.39 is 5.79 Å².